The van der Waals surface area contributed by atoms with E-state index in [9.17, 15) is 33.5 Å². The number of methoxy groups -OCH3 is 2. The van der Waals surface area contributed by atoms with E-state index in [1.165, 1.54) is 29.1 Å². The van der Waals surface area contributed by atoms with Crippen LogP contribution in [0.15, 0.2) is 174 Å². The Labute approximate surface area is 446 Å². The van der Waals surface area contributed by atoms with Gasteiger partial charge in [-0.05, 0) is 89.2 Å². The highest BCUT2D eigenvalue weighted by molar-refractivity contribution is 8.07. The Morgan fingerprint density at radius 2 is 1.09 bits per heavy atom. The van der Waals surface area contributed by atoms with E-state index in [1.54, 1.807) is 74.9 Å². The van der Waals surface area contributed by atoms with Gasteiger partial charge in [0.1, 0.15) is 59.5 Å². The van der Waals surface area contributed by atoms with Crippen LogP contribution in [0.1, 0.15) is 62.7 Å². The zero-order valence-electron chi connectivity index (χ0n) is 41.2. The molecular formula is C53H51N6O15P2S+. The minimum Gasteiger partial charge on any atom is -0.497 e. The van der Waals surface area contributed by atoms with E-state index in [4.69, 9.17) is 49.1 Å². The molecule has 8 atom stereocenters. The predicted octanol–water partition coefficient (Wildman–Crippen LogP) is 7.26. The van der Waals surface area contributed by atoms with Gasteiger partial charge in [-0.25, -0.2) is 9.59 Å². The smallest absolute Gasteiger partial charge is 0.497 e. The first-order chi connectivity index (χ1) is 37.2. The average Bonchev–Trinajstić information content (AvgIpc) is 4.08. The molecule has 2 unspecified atom stereocenters. The summed E-state index contributed by atoms with van der Waals surface area (Å²) in [6, 6.07) is 43.8. The van der Waals surface area contributed by atoms with E-state index in [-0.39, 0.29) is 31.1 Å². The molecule has 0 bridgehead atoms. The van der Waals surface area contributed by atoms with Gasteiger partial charge in [0.15, 0.2) is 0 Å². The molecule has 398 valence electrons. The average molecular weight is 1110 g/mol. The van der Waals surface area contributed by atoms with Crippen LogP contribution in [0.5, 0.6) is 11.5 Å². The minimum atomic E-state index is -4.35. The number of nitrogens with zero attached hydrogens (tertiary/aromatic N) is 4. The van der Waals surface area contributed by atoms with Gasteiger partial charge >= 0.3 is 26.4 Å². The van der Waals surface area contributed by atoms with E-state index in [1.807, 2.05) is 78.9 Å². The number of aromatic nitrogens is 4. The van der Waals surface area contributed by atoms with Crippen molar-refractivity contribution in [2.45, 2.75) is 55.3 Å². The maximum atomic E-state index is 13.8. The number of ether oxygens (including phenoxy) is 5. The molecule has 7 aromatic rings. The van der Waals surface area contributed by atoms with Crippen molar-refractivity contribution in [1.82, 2.24) is 19.1 Å². The van der Waals surface area contributed by atoms with Crippen LogP contribution in [0.3, 0.4) is 0 Å². The lowest BCUT2D eigenvalue weighted by molar-refractivity contribution is -0.0935. The van der Waals surface area contributed by atoms with Crippen LogP contribution in [-0.2, 0) is 49.8 Å². The Bertz CT molecular complexity index is 3320. The van der Waals surface area contributed by atoms with Gasteiger partial charge in [0, 0.05) is 40.9 Å². The highest BCUT2D eigenvalue weighted by atomic mass is 32.5. The number of nitrogens with one attached hydrogen (secondary N) is 2. The second-order valence-corrected chi connectivity index (χ2v) is 21.0. The topological polar surface area (TPSA) is 259 Å². The Hall–Kier alpha value is -7.17. The molecule has 77 heavy (non-hydrogen) atoms. The summed E-state index contributed by atoms with van der Waals surface area (Å²) in [6.07, 6.45) is -4.24. The summed E-state index contributed by atoms with van der Waals surface area (Å²) in [4.78, 5) is 82.5. The van der Waals surface area contributed by atoms with E-state index in [0.717, 1.165) is 10.1 Å². The fraction of sp³-hybridized carbons (Fsp3) is 0.245. The summed E-state index contributed by atoms with van der Waals surface area (Å²) in [5, 5.41) is 5.21. The van der Waals surface area contributed by atoms with E-state index in [0.29, 0.717) is 33.8 Å². The molecule has 2 aromatic heterocycles. The molecular weight excluding hydrogens is 1050 g/mol. The highest BCUT2D eigenvalue weighted by Crippen LogP contribution is 2.51. The molecule has 2 amide bonds. The first kappa shape index (κ1) is 54.6. The highest BCUT2D eigenvalue weighted by Gasteiger charge is 2.47. The monoisotopic (exact) mass is 1110 g/mol. The molecule has 2 saturated heterocycles. The lowest BCUT2D eigenvalue weighted by Gasteiger charge is -2.37. The van der Waals surface area contributed by atoms with E-state index < -0.39 is 87.2 Å². The Morgan fingerprint density at radius 3 is 1.53 bits per heavy atom. The zero-order chi connectivity index (χ0) is 54.1. The van der Waals surface area contributed by atoms with Crippen LogP contribution in [-0.4, -0.2) is 92.6 Å². The van der Waals surface area contributed by atoms with Gasteiger partial charge in [0.2, 0.25) is 0 Å². The first-order valence-corrected chi connectivity index (χ1v) is 27.6. The largest absolute Gasteiger partial charge is 0.695 e. The summed E-state index contributed by atoms with van der Waals surface area (Å²) < 4.78 is 62.7. The summed E-state index contributed by atoms with van der Waals surface area (Å²) in [7, 11) is -0.0602. The van der Waals surface area contributed by atoms with Crippen LogP contribution >= 0.6 is 15.0 Å². The molecule has 0 aliphatic carbocycles. The summed E-state index contributed by atoms with van der Waals surface area (Å²) >= 11 is 5.61. The molecule has 24 heteroatoms. The molecule has 0 radical (unpaired) electrons. The van der Waals surface area contributed by atoms with E-state index >= 15 is 0 Å². The second kappa shape index (κ2) is 24.4. The fourth-order valence-electron chi connectivity index (χ4n) is 8.99. The van der Waals surface area contributed by atoms with Crippen molar-refractivity contribution in [3.63, 3.8) is 0 Å². The number of carbonyl (C=O) groups is 2. The van der Waals surface area contributed by atoms with Crippen molar-refractivity contribution in [2.24, 2.45) is 0 Å². The van der Waals surface area contributed by atoms with Gasteiger partial charge in [0.25, 0.3) is 11.8 Å². The maximum absolute atomic E-state index is 13.8. The number of amides is 2. The number of benzene rings is 5. The lowest BCUT2D eigenvalue weighted by Crippen LogP contribution is -2.38. The number of carbonyl (C=O) groups excluding carboxylic acids is 2. The molecule has 4 heterocycles. The van der Waals surface area contributed by atoms with Gasteiger partial charge in [-0.1, -0.05) is 91.0 Å². The number of anilines is 2. The van der Waals surface area contributed by atoms with Gasteiger partial charge in [-0.3, -0.25) is 18.7 Å². The number of rotatable bonds is 21. The van der Waals surface area contributed by atoms with Crippen molar-refractivity contribution >= 4 is 50.2 Å². The molecule has 21 nitrogen and oxygen atoms in total. The lowest BCUT2D eigenvalue weighted by atomic mass is 9.80. The standard InChI is InChI=1S/C53H50N6O15P2S/c1-67-39-22-18-37(19-23-39)53(36-16-10-5-11-17-36,38-20-24-40(68-2)25-21-38)69-32-43-42(31-48(71-43)59-29-27-46(57-52(59)63)55-50(61)35-14-8-4-9-15-35)74-76(66,77)70-33-44-41(73-75(64)65)30-47(72-44)58-28-26-45(56-51(58)62)54-49(60)34-12-6-3-7-13-34/h3-29,41-44,47-48H,30-33H2,1-2H3,(H3-,54,55,56,57,60,61,62,63,64,65,66,77)/p+1/t41-,42-,43+,44+,47+,48+,76?/m0/s1. The molecule has 0 saturated carbocycles. The molecule has 4 N–H and O–H groups in total. The van der Waals surface area contributed by atoms with Gasteiger partial charge < -0.3 is 48.3 Å². The van der Waals surface area contributed by atoms with Crippen LogP contribution in [0.4, 0.5) is 11.6 Å². The third-order valence-corrected chi connectivity index (χ3v) is 14.8. The van der Waals surface area contributed by atoms with Crippen LogP contribution in [0.25, 0.3) is 0 Å². The number of hydrogen-bond acceptors (Lipinski definition) is 16. The molecule has 9 rings (SSSR count). The molecule has 2 aliphatic heterocycles. The molecule has 0 spiro atoms. The number of hydrogen-bond donors (Lipinski definition) is 4. The Kier molecular flexibility index (Phi) is 17.3. The van der Waals surface area contributed by atoms with E-state index in [2.05, 4.69) is 20.6 Å². The van der Waals surface area contributed by atoms with Crippen molar-refractivity contribution in [3.8, 4) is 11.5 Å². The SMILES string of the molecule is COc1ccc(C(OC[C@H]2O[C@@H](n3ccc(NC(=O)c4ccccc4)nc3=O)C[C@@H]2OP(O)(=S)OC[C@H]2O[C@@H](n3ccc(NC(=O)c4ccccc4)nc3=O)C[C@@H]2O[P+](=O)O)(c2ccccc2)c2ccc(OC)cc2)cc1. The predicted molar refractivity (Wildman–Crippen MR) is 283 cm³/mol. The van der Waals surface area contributed by atoms with Crippen molar-refractivity contribution < 1.29 is 61.2 Å². The van der Waals surface area contributed by atoms with Crippen molar-refractivity contribution in [3.05, 3.63) is 213 Å². The van der Waals surface area contributed by atoms with Gasteiger partial charge in [-0.2, -0.15) is 9.97 Å². The van der Waals surface area contributed by atoms with Crippen LogP contribution < -0.4 is 31.5 Å². The normalized spacial score (nSPS) is 20.2. The fourth-order valence-corrected chi connectivity index (χ4v) is 10.9. The second-order valence-electron chi connectivity index (χ2n) is 17.5. The van der Waals surface area contributed by atoms with Gasteiger partial charge in [0.05, 0.1) is 33.5 Å². The zero-order valence-corrected chi connectivity index (χ0v) is 43.8. The summed E-state index contributed by atoms with van der Waals surface area (Å²) in [5.41, 5.74) is -0.103. The third kappa shape index (κ3) is 13.0. The van der Waals surface area contributed by atoms with Crippen molar-refractivity contribution in [1.29, 1.82) is 0 Å². The molecule has 2 aliphatic rings. The Balaban J connectivity index is 0.980. The van der Waals surface area contributed by atoms with Crippen LogP contribution in [0.2, 0.25) is 0 Å². The molecule has 5 aromatic carbocycles. The summed E-state index contributed by atoms with van der Waals surface area (Å²) in [6.45, 7) is -5.15. The van der Waals surface area contributed by atoms with Crippen LogP contribution in [0, 0.1) is 0 Å². The summed E-state index contributed by atoms with van der Waals surface area (Å²) in [5.74, 6) is 0.209. The maximum Gasteiger partial charge on any atom is 0.695 e. The quantitative estimate of drug-likeness (QED) is 0.0408. The Morgan fingerprint density at radius 1 is 0.662 bits per heavy atom. The van der Waals surface area contributed by atoms with Crippen molar-refractivity contribution in [2.75, 3.05) is 38.1 Å². The minimum absolute atomic E-state index is 0.00782. The van der Waals surface area contributed by atoms with Gasteiger partial charge in [-0.15, -0.1) is 9.42 Å². The third-order valence-electron chi connectivity index (χ3n) is 12.7. The first-order valence-electron chi connectivity index (χ1n) is 23.9. The molecule has 2 fully saturated rings.